The van der Waals surface area contributed by atoms with E-state index in [9.17, 15) is 4.79 Å². The summed E-state index contributed by atoms with van der Waals surface area (Å²) in [5.74, 6) is 1.56. The van der Waals surface area contributed by atoms with Crippen molar-refractivity contribution in [3.05, 3.63) is 105 Å². The second-order valence-electron chi connectivity index (χ2n) is 9.98. The van der Waals surface area contributed by atoms with Gasteiger partial charge in [0.15, 0.2) is 11.5 Å². The fourth-order valence-corrected chi connectivity index (χ4v) is 5.68. The average Bonchev–Trinajstić information content (AvgIpc) is 3.32. The number of hydrogen-bond donors (Lipinski definition) is 0. The van der Waals surface area contributed by atoms with Gasteiger partial charge < -0.3 is 9.47 Å². The van der Waals surface area contributed by atoms with Crippen molar-refractivity contribution in [3.8, 4) is 11.5 Å². The highest BCUT2D eigenvalue weighted by Crippen LogP contribution is 2.46. The van der Waals surface area contributed by atoms with Crippen LogP contribution < -0.4 is 9.47 Å². The van der Waals surface area contributed by atoms with Crippen LogP contribution in [-0.4, -0.2) is 30.8 Å². The first-order valence-electron chi connectivity index (χ1n) is 12.9. The number of benzene rings is 3. The fourth-order valence-electron chi connectivity index (χ4n) is 5.43. The maximum atomic E-state index is 13.7. The molecule has 0 aromatic heterocycles. The van der Waals surface area contributed by atoms with Gasteiger partial charge in [0.25, 0.3) is 5.91 Å². The van der Waals surface area contributed by atoms with Crippen molar-refractivity contribution in [2.45, 2.75) is 25.8 Å². The molecule has 1 aliphatic heterocycles. The molecule has 7 heteroatoms. The lowest BCUT2D eigenvalue weighted by Gasteiger charge is -2.32. The fraction of sp³-hybridized carbons (Fsp3) is 0.250. The van der Waals surface area contributed by atoms with Gasteiger partial charge in [-0.2, -0.15) is 5.10 Å². The van der Waals surface area contributed by atoms with E-state index in [4.69, 9.17) is 37.8 Å². The lowest BCUT2D eigenvalue weighted by Crippen LogP contribution is -2.32. The molecule has 200 valence electrons. The molecule has 3 atom stereocenters. The summed E-state index contributed by atoms with van der Waals surface area (Å²) in [6.45, 7) is 2.26. The largest absolute Gasteiger partial charge is 0.493 e. The van der Waals surface area contributed by atoms with Gasteiger partial charge in [-0.3, -0.25) is 4.79 Å². The van der Waals surface area contributed by atoms with Crippen LogP contribution in [0.4, 0.5) is 0 Å². The lowest BCUT2D eigenvalue weighted by atomic mass is 9.73. The standard InChI is InChI=1S/C32H30Cl2N2O3/c1-20-16-24(18-21-4-10-25(33)11-5-21)31-27(17-20)32(23-8-12-26(34)13-9-23)36(35-31)30(37)15-7-22-6-14-28(38-2)29(19-22)39-3/h4-15,18-20,27,32H,16-17H2,1-3H3/b15-7+,24-18+/t20-,27+,32+/m0/s1. The van der Waals surface area contributed by atoms with Gasteiger partial charge in [0.1, 0.15) is 0 Å². The van der Waals surface area contributed by atoms with E-state index in [0.29, 0.717) is 27.5 Å². The van der Waals surface area contributed by atoms with Gasteiger partial charge in [-0.05, 0) is 89.6 Å². The first kappa shape index (κ1) is 27.0. The molecule has 3 aromatic carbocycles. The normalized spacial score (nSPS) is 21.7. The highest BCUT2D eigenvalue weighted by molar-refractivity contribution is 6.30. The Balaban J connectivity index is 1.51. The van der Waals surface area contributed by atoms with E-state index in [1.165, 1.54) is 0 Å². The molecular weight excluding hydrogens is 531 g/mol. The van der Waals surface area contributed by atoms with E-state index >= 15 is 0 Å². The topological polar surface area (TPSA) is 51.1 Å². The summed E-state index contributed by atoms with van der Waals surface area (Å²) in [4.78, 5) is 13.7. The van der Waals surface area contributed by atoms with Crippen LogP contribution in [0, 0.1) is 11.8 Å². The number of rotatable bonds is 6. The summed E-state index contributed by atoms with van der Waals surface area (Å²) in [6, 6.07) is 20.8. The highest BCUT2D eigenvalue weighted by atomic mass is 35.5. The van der Waals surface area contributed by atoms with Crippen molar-refractivity contribution >= 4 is 47.0 Å². The Morgan fingerprint density at radius 3 is 2.23 bits per heavy atom. The molecule has 0 unspecified atom stereocenters. The molecule has 0 bridgehead atoms. The van der Waals surface area contributed by atoms with Crippen LogP contribution >= 0.6 is 23.2 Å². The molecule has 0 radical (unpaired) electrons. The van der Waals surface area contributed by atoms with E-state index in [1.807, 2.05) is 66.7 Å². The van der Waals surface area contributed by atoms with E-state index in [0.717, 1.165) is 40.8 Å². The molecule has 1 aliphatic carbocycles. The van der Waals surface area contributed by atoms with Gasteiger partial charge in [0.2, 0.25) is 0 Å². The predicted octanol–water partition coefficient (Wildman–Crippen LogP) is 8.09. The molecule has 3 aromatic rings. The molecule has 1 saturated carbocycles. The van der Waals surface area contributed by atoms with E-state index in [-0.39, 0.29) is 17.9 Å². The second kappa shape index (κ2) is 11.7. The third kappa shape index (κ3) is 5.90. The van der Waals surface area contributed by atoms with Crippen molar-refractivity contribution < 1.29 is 14.3 Å². The minimum Gasteiger partial charge on any atom is -0.493 e. The first-order valence-corrected chi connectivity index (χ1v) is 13.7. The number of carbonyl (C=O) groups is 1. The minimum atomic E-state index is -0.226. The monoisotopic (exact) mass is 560 g/mol. The van der Waals surface area contributed by atoms with Crippen LogP contribution in [0.25, 0.3) is 12.2 Å². The maximum Gasteiger partial charge on any atom is 0.267 e. The summed E-state index contributed by atoms with van der Waals surface area (Å²) < 4.78 is 10.7. The van der Waals surface area contributed by atoms with Crippen LogP contribution in [0.15, 0.2) is 83.5 Å². The average molecular weight is 562 g/mol. The van der Waals surface area contributed by atoms with Crippen molar-refractivity contribution in [1.82, 2.24) is 5.01 Å². The molecule has 0 saturated heterocycles. The first-order chi connectivity index (χ1) is 18.9. The van der Waals surface area contributed by atoms with Crippen molar-refractivity contribution in [1.29, 1.82) is 0 Å². The van der Waals surface area contributed by atoms with Crippen LogP contribution in [-0.2, 0) is 4.79 Å². The molecule has 5 rings (SSSR count). The number of nitrogens with zero attached hydrogens (tertiary/aromatic N) is 2. The lowest BCUT2D eigenvalue weighted by molar-refractivity contribution is -0.128. The second-order valence-corrected chi connectivity index (χ2v) is 10.9. The molecule has 2 aliphatic rings. The van der Waals surface area contributed by atoms with Gasteiger partial charge in [-0.15, -0.1) is 0 Å². The number of methoxy groups -OCH3 is 2. The smallest absolute Gasteiger partial charge is 0.267 e. The number of fused-ring (bicyclic) bond motifs is 1. The van der Waals surface area contributed by atoms with Gasteiger partial charge in [-0.1, -0.05) is 60.5 Å². The van der Waals surface area contributed by atoms with E-state index in [1.54, 1.807) is 31.4 Å². The highest BCUT2D eigenvalue weighted by Gasteiger charge is 2.44. The van der Waals surface area contributed by atoms with Gasteiger partial charge in [0.05, 0.1) is 26.0 Å². The molecule has 0 spiro atoms. The Labute approximate surface area is 239 Å². The van der Waals surface area contributed by atoms with Gasteiger partial charge in [-0.25, -0.2) is 5.01 Å². The molecule has 0 N–H and O–H groups in total. The number of hydrazone groups is 1. The van der Waals surface area contributed by atoms with Crippen LogP contribution in [0.2, 0.25) is 10.0 Å². The zero-order valence-electron chi connectivity index (χ0n) is 22.1. The minimum absolute atomic E-state index is 0.0758. The van der Waals surface area contributed by atoms with E-state index < -0.39 is 0 Å². The third-order valence-corrected chi connectivity index (χ3v) is 7.74. The van der Waals surface area contributed by atoms with Gasteiger partial charge in [0, 0.05) is 22.0 Å². The zero-order chi connectivity index (χ0) is 27.5. The quantitative estimate of drug-likeness (QED) is 0.286. The van der Waals surface area contributed by atoms with Crippen molar-refractivity contribution in [3.63, 3.8) is 0 Å². The molecule has 1 fully saturated rings. The maximum absolute atomic E-state index is 13.7. The van der Waals surface area contributed by atoms with Crippen molar-refractivity contribution in [2.24, 2.45) is 16.9 Å². The van der Waals surface area contributed by atoms with Crippen molar-refractivity contribution in [2.75, 3.05) is 14.2 Å². The third-order valence-electron chi connectivity index (χ3n) is 7.24. The Morgan fingerprint density at radius 1 is 0.923 bits per heavy atom. The number of halogens is 2. The zero-order valence-corrected chi connectivity index (χ0v) is 23.6. The van der Waals surface area contributed by atoms with Crippen LogP contribution in [0.3, 0.4) is 0 Å². The Bertz CT molecular complexity index is 1450. The summed E-state index contributed by atoms with van der Waals surface area (Å²) in [5, 5.41) is 7.96. The molecular formula is C32H30Cl2N2O3. The number of allylic oxidation sites excluding steroid dienone is 1. The number of carbonyl (C=O) groups excluding carboxylic acids is 1. The number of hydrogen-bond acceptors (Lipinski definition) is 4. The summed E-state index contributed by atoms with van der Waals surface area (Å²) >= 11 is 12.3. The SMILES string of the molecule is COc1ccc(/C=C/C(=O)N2N=C3/C(=C/c4ccc(Cl)cc4)C[C@H](C)C[C@H]3[C@H]2c2ccc(Cl)cc2)cc1OC. The number of amides is 1. The summed E-state index contributed by atoms with van der Waals surface area (Å²) in [7, 11) is 3.18. The molecule has 1 amide bonds. The van der Waals surface area contributed by atoms with Crippen LogP contribution in [0.5, 0.6) is 11.5 Å². The molecule has 39 heavy (non-hydrogen) atoms. The summed E-state index contributed by atoms with van der Waals surface area (Å²) in [6.07, 6.45) is 7.35. The Kier molecular flexibility index (Phi) is 8.10. The molecule has 5 nitrogen and oxygen atoms in total. The summed E-state index contributed by atoms with van der Waals surface area (Å²) in [5.41, 5.74) is 5.02. The number of ether oxygens (including phenoxy) is 2. The predicted molar refractivity (Wildman–Crippen MR) is 158 cm³/mol. The van der Waals surface area contributed by atoms with Crippen LogP contribution in [0.1, 0.15) is 42.5 Å². The Hall–Kier alpha value is -3.54. The Morgan fingerprint density at radius 2 is 1.56 bits per heavy atom. The van der Waals surface area contributed by atoms with E-state index in [2.05, 4.69) is 13.0 Å². The molecule has 1 heterocycles. The van der Waals surface area contributed by atoms with Gasteiger partial charge >= 0.3 is 0 Å².